The van der Waals surface area contributed by atoms with E-state index in [0.29, 0.717) is 40.7 Å². The van der Waals surface area contributed by atoms with Crippen LogP contribution in [0, 0.1) is 10.1 Å². The zero-order chi connectivity index (χ0) is 23.7. The highest BCUT2D eigenvalue weighted by molar-refractivity contribution is 7.07. The van der Waals surface area contributed by atoms with Gasteiger partial charge >= 0.3 is 0 Å². The Bertz CT molecular complexity index is 1340. The van der Waals surface area contributed by atoms with Crippen LogP contribution < -0.4 is 14.3 Å². The molecule has 2 aliphatic heterocycles. The van der Waals surface area contributed by atoms with Gasteiger partial charge in [0.05, 0.1) is 41.1 Å². The largest absolute Gasteiger partial charge is 0.508 e. The third kappa shape index (κ3) is 4.32. The second-order valence-corrected chi connectivity index (χ2v) is 8.50. The maximum absolute atomic E-state index is 11.6. The summed E-state index contributed by atoms with van der Waals surface area (Å²) < 4.78 is 17.7. The van der Waals surface area contributed by atoms with Crippen molar-refractivity contribution >= 4 is 23.2 Å². The number of nitro groups is 1. The van der Waals surface area contributed by atoms with Gasteiger partial charge in [-0.15, -0.1) is 11.3 Å². The highest BCUT2D eigenvalue weighted by atomic mass is 32.1. The van der Waals surface area contributed by atoms with Gasteiger partial charge in [-0.25, -0.2) is 4.68 Å². The number of aromatic hydroxyl groups is 2. The van der Waals surface area contributed by atoms with E-state index in [2.05, 4.69) is 10.1 Å². The van der Waals surface area contributed by atoms with E-state index in [9.17, 15) is 20.3 Å². The van der Waals surface area contributed by atoms with E-state index in [1.807, 2.05) is 0 Å². The van der Waals surface area contributed by atoms with E-state index in [0.717, 1.165) is 12.8 Å². The number of phenolic OH excluding ortho intramolecular Hbond substituents is 2. The summed E-state index contributed by atoms with van der Waals surface area (Å²) in [6.07, 6.45) is 3.29. The van der Waals surface area contributed by atoms with E-state index in [1.54, 1.807) is 11.4 Å². The monoisotopic (exact) mass is 484 g/mol. The van der Waals surface area contributed by atoms with Crippen molar-refractivity contribution in [3.63, 3.8) is 0 Å². The molecule has 0 spiro atoms. The molecule has 3 aromatic rings. The van der Waals surface area contributed by atoms with Crippen molar-refractivity contribution in [2.75, 3.05) is 19.9 Å². The first kappa shape index (κ1) is 21.9. The summed E-state index contributed by atoms with van der Waals surface area (Å²) in [5, 5.41) is 37.9. The molecule has 12 heteroatoms. The number of rotatable bonds is 6. The Hall–Kier alpha value is -3.90. The number of nitro benzene ring substituents is 1. The smallest absolute Gasteiger partial charge is 0.282 e. The van der Waals surface area contributed by atoms with Crippen LogP contribution in [-0.4, -0.2) is 52.1 Å². The van der Waals surface area contributed by atoms with E-state index in [-0.39, 0.29) is 35.6 Å². The lowest BCUT2D eigenvalue weighted by Crippen LogP contribution is -2.17. The zero-order valence-electron chi connectivity index (χ0n) is 17.8. The van der Waals surface area contributed by atoms with Crippen molar-refractivity contribution in [1.29, 1.82) is 0 Å². The van der Waals surface area contributed by atoms with Crippen molar-refractivity contribution in [2.24, 2.45) is 10.1 Å². The average Bonchev–Trinajstić information content (AvgIpc) is 3.56. The lowest BCUT2D eigenvalue weighted by Gasteiger charge is -2.07. The summed E-state index contributed by atoms with van der Waals surface area (Å²) in [6, 6.07) is 7.04. The number of nitrogens with zero attached hydrogens (tertiary/aromatic N) is 4. The minimum atomic E-state index is -0.517. The Balaban J connectivity index is 1.59. The third-order valence-electron chi connectivity index (χ3n) is 5.43. The first-order chi connectivity index (χ1) is 16.5. The quantitative estimate of drug-likeness (QED) is 0.311. The Morgan fingerprint density at radius 2 is 2.06 bits per heavy atom. The molecule has 1 unspecified atom stereocenters. The van der Waals surface area contributed by atoms with Gasteiger partial charge in [-0.05, 0) is 31.0 Å². The minimum Gasteiger partial charge on any atom is -0.508 e. The molecule has 0 bridgehead atoms. The van der Waals surface area contributed by atoms with Crippen molar-refractivity contribution in [1.82, 2.24) is 4.68 Å². The number of aromatic nitrogens is 1. The average molecular weight is 484 g/mol. The summed E-state index contributed by atoms with van der Waals surface area (Å²) in [7, 11) is 0. The fourth-order valence-electron chi connectivity index (χ4n) is 3.74. The summed E-state index contributed by atoms with van der Waals surface area (Å²) in [6.45, 7) is 1.15. The molecule has 2 aromatic carbocycles. The predicted octanol–water partition coefficient (Wildman–Crippen LogP) is 3.23. The number of ether oxygens (including phenoxy) is 3. The Morgan fingerprint density at radius 3 is 2.79 bits per heavy atom. The molecule has 1 atom stereocenters. The van der Waals surface area contributed by atoms with Crippen LogP contribution in [0.2, 0.25) is 0 Å². The fourth-order valence-corrected chi connectivity index (χ4v) is 4.58. The van der Waals surface area contributed by atoms with Crippen molar-refractivity contribution < 1.29 is 29.3 Å². The van der Waals surface area contributed by atoms with Gasteiger partial charge in [-0.2, -0.15) is 5.10 Å². The van der Waals surface area contributed by atoms with Crippen LogP contribution in [0.25, 0.3) is 11.3 Å². The number of hydrogen-bond acceptors (Lipinski definition) is 10. The van der Waals surface area contributed by atoms with E-state index in [1.165, 1.54) is 46.5 Å². The molecule has 176 valence electrons. The summed E-state index contributed by atoms with van der Waals surface area (Å²) in [5.41, 5.74) is 0.966. The van der Waals surface area contributed by atoms with E-state index in [4.69, 9.17) is 14.2 Å². The van der Waals surface area contributed by atoms with E-state index >= 15 is 0 Å². The van der Waals surface area contributed by atoms with Gasteiger partial charge in [0.15, 0.2) is 11.5 Å². The molecule has 0 amide bonds. The van der Waals surface area contributed by atoms with Crippen molar-refractivity contribution in [2.45, 2.75) is 18.9 Å². The van der Waals surface area contributed by atoms with Gasteiger partial charge in [0.1, 0.15) is 11.5 Å². The molecule has 0 saturated carbocycles. The molecule has 1 aromatic heterocycles. The number of benzene rings is 2. The van der Waals surface area contributed by atoms with Gasteiger partial charge in [0, 0.05) is 23.6 Å². The first-order valence-corrected chi connectivity index (χ1v) is 11.3. The number of phenols is 2. The number of fused-ring (bicyclic) bond motifs is 1. The summed E-state index contributed by atoms with van der Waals surface area (Å²) >= 11 is 1.31. The van der Waals surface area contributed by atoms with Crippen LogP contribution in [0.5, 0.6) is 23.0 Å². The summed E-state index contributed by atoms with van der Waals surface area (Å²) in [4.78, 5) is 16.3. The van der Waals surface area contributed by atoms with Crippen molar-refractivity contribution in [3.8, 4) is 34.3 Å². The van der Waals surface area contributed by atoms with Gasteiger partial charge in [0.25, 0.3) is 5.69 Å². The van der Waals surface area contributed by atoms with Crippen LogP contribution in [0.4, 0.5) is 5.69 Å². The third-order valence-corrected chi connectivity index (χ3v) is 6.28. The molecule has 1 saturated heterocycles. The second-order valence-electron chi connectivity index (χ2n) is 7.66. The SMILES string of the molecule is O=[N+]([O-])c1cc2c(cc1/C=N/n1c(-c3ccc(O)cc3O)csc1=NCC1CCCO1)OCO2. The van der Waals surface area contributed by atoms with Crippen LogP contribution in [-0.2, 0) is 4.74 Å². The minimum absolute atomic E-state index is 0.0110. The topological polar surface area (TPSA) is 141 Å². The predicted molar refractivity (Wildman–Crippen MR) is 123 cm³/mol. The van der Waals surface area contributed by atoms with E-state index < -0.39 is 4.92 Å². The highest BCUT2D eigenvalue weighted by Crippen LogP contribution is 2.37. The molecule has 5 rings (SSSR count). The molecule has 1 fully saturated rings. The molecule has 34 heavy (non-hydrogen) atoms. The normalized spacial score (nSPS) is 17.6. The molecule has 2 aliphatic rings. The summed E-state index contributed by atoms with van der Waals surface area (Å²) in [5.74, 6) is 0.475. The molecule has 11 nitrogen and oxygen atoms in total. The van der Waals surface area contributed by atoms with Crippen LogP contribution in [0.1, 0.15) is 18.4 Å². The lowest BCUT2D eigenvalue weighted by molar-refractivity contribution is -0.385. The fraction of sp³-hybridized carbons (Fsp3) is 0.273. The Kier molecular flexibility index (Phi) is 5.90. The van der Waals surface area contributed by atoms with Gasteiger partial charge in [-0.1, -0.05) is 0 Å². The highest BCUT2D eigenvalue weighted by Gasteiger charge is 2.23. The molecule has 3 heterocycles. The number of hydrogen-bond donors (Lipinski definition) is 2. The van der Waals surface area contributed by atoms with Crippen LogP contribution >= 0.6 is 11.3 Å². The second kappa shape index (κ2) is 9.15. The van der Waals surface area contributed by atoms with Crippen LogP contribution in [0.15, 0.2) is 45.8 Å². The van der Waals surface area contributed by atoms with Gasteiger partial charge in [-0.3, -0.25) is 15.1 Å². The first-order valence-electron chi connectivity index (χ1n) is 10.5. The molecular weight excluding hydrogens is 464 g/mol. The molecular formula is C22H20N4O7S. The zero-order valence-corrected chi connectivity index (χ0v) is 18.6. The Labute approximate surface area is 197 Å². The van der Waals surface area contributed by atoms with Crippen LogP contribution in [0.3, 0.4) is 0 Å². The standard InChI is InChI=1S/C22H20N4O7S/c27-14-3-4-16(19(28)7-14)18-11-34-22(23-10-15-2-1-5-31-15)25(18)24-9-13-6-20-21(33-12-32-20)8-17(13)26(29)30/h3-4,6-9,11,15,27-28H,1-2,5,10,12H2/b23-22?,24-9+. The maximum atomic E-state index is 11.6. The van der Waals surface area contributed by atoms with Gasteiger partial charge < -0.3 is 24.4 Å². The molecule has 2 N–H and O–H groups in total. The van der Waals surface area contributed by atoms with Crippen molar-refractivity contribution in [3.05, 3.63) is 56.2 Å². The Morgan fingerprint density at radius 1 is 1.24 bits per heavy atom. The molecule has 0 aliphatic carbocycles. The van der Waals surface area contributed by atoms with Gasteiger partial charge in [0.2, 0.25) is 11.6 Å². The number of thiazole rings is 1. The maximum Gasteiger partial charge on any atom is 0.282 e. The molecule has 0 radical (unpaired) electrons. The lowest BCUT2D eigenvalue weighted by atomic mass is 10.1.